The lowest BCUT2D eigenvalue weighted by molar-refractivity contribution is -0.137. The van der Waals surface area contributed by atoms with Crippen molar-refractivity contribution in [3.05, 3.63) is 48.6 Å². The van der Waals surface area contributed by atoms with Crippen LogP contribution in [0.5, 0.6) is 0 Å². The molecule has 0 atom stereocenters. The van der Waals surface area contributed by atoms with Crippen molar-refractivity contribution in [2.75, 3.05) is 6.61 Å². The molecule has 1 aromatic carbocycles. The van der Waals surface area contributed by atoms with Crippen LogP contribution in [-0.4, -0.2) is 12.6 Å². The number of hydrogen-bond donors (Lipinski definition) is 0. The number of unbranched alkanes of at least 4 members (excludes halogenated alkanes) is 2. The quantitative estimate of drug-likeness (QED) is 0.401. The first-order valence-electron chi connectivity index (χ1n) is 7.37. The molecule has 0 aliphatic heterocycles. The Morgan fingerprint density at radius 3 is 2.30 bits per heavy atom. The summed E-state index contributed by atoms with van der Waals surface area (Å²) >= 11 is 0. The fraction of sp³-hybridized carbons (Fsp3) is 0.500. The predicted octanol–water partition coefficient (Wildman–Crippen LogP) is 4.93. The van der Waals surface area contributed by atoms with E-state index in [0.717, 1.165) is 18.8 Å². The van der Waals surface area contributed by atoms with E-state index in [0.29, 0.717) is 6.61 Å². The van der Waals surface area contributed by atoms with E-state index in [1.165, 1.54) is 24.5 Å². The molecule has 2 nitrogen and oxygen atoms in total. The highest BCUT2D eigenvalue weighted by molar-refractivity contribution is 5.81. The van der Waals surface area contributed by atoms with Crippen LogP contribution in [-0.2, 0) is 9.53 Å². The van der Waals surface area contributed by atoms with Crippen molar-refractivity contribution in [2.45, 2.75) is 46.5 Å². The van der Waals surface area contributed by atoms with Gasteiger partial charge in [0.15, 0.2) is 0 Å². The fourth-order valence-electron chi connectivity index (χ4n) is 1.60. The average Bonchev–Trinajstić information content (AvgIpc) is 2.43. The Balaban J connectivity index is 0.000000428. The maximum absolute atomic E-state index is 10.6. The van der Waals surface area contributed by atoms with Gasteiger partial charge in [0.25, 0.3) is 0 Å². The maximum Gasteiger partial charge on any atom is 0.330 e. The fourth-order valence-corrected chi connectivity index (χ4v) is 1.60. The van der Waals surface area contributed by atoms with Gasteiger partial charge in [-0.1, -0.05) is 75.6 Å². The van der Waals surface area contributed by atoms with Crippen molar-refractivity contribution in [1.29, 1.82) is 0 Å². The Labute approximate surface area is 123 Å². The minimum absolute atomic E-state index is 0.316. The van der Waals surface area contributed by atoms with E-state index < -0.39 is 0 Å². The minimum atomic E-state index is -0.316. The lowest BCUT2D eigenvalue weighted by Gasteiger charge is -2.04. The van der Waals surface area contributed by atoms with Crippen LogP contribution < -0.4 is 0 Å². The first-order valence-corrected chi connectivity index (χ1v) is 7.37. The average molecular weight is 276 g/mol. The Morgan fingerprint density at radius 1 is 1.20 bits per heavy atom. The summed E-state index contributed by atoms with van der Waals surface area (Å²) in [7, 11) is 0. The molecule has 0 saturated heterocycles. The number of rotatable bonds is 7. The largest absolute Gasteiger partial charge is 0.463 e. The van der Waals surface area contributed by atoms with Crippen LogP contribution >= 0.6 is 0 Å². The van der Waals surface area contributed by atoms with Gasteiger partial charge in [0, 0.05) is 6.08 Å². The van der Waals surface area contributed by atoms with Crippen molar-refractivity contribution in [3.8, 4) is 0 Å². The van der Waals surface area contributed by atoms with Gasteiger partial charge in [-0.3, -0.25) is 0 Å². The highest BCUT2D eigenvalue weighted by Gasteiger charge is 1.96. The predicted molar refractivity (Wildman–Crippen MR) is 85.6 cm³/mol. The van der Waals surface area contributed by atoms with Crippen molar-refractivity contribution in [2.24, 2.45) is 5.92 Å². The first kappa shape index (κ1) is 18.4. The molecule has 0 radical (unpaired) electrons. The summed E-state index contributed by atoms with van der Waals surface area (Å²) < 4.78 is 4.84. The molecule has 0 amide bonds. The maximum atomic E-state index is 10.6. The van der Waals surface area contributed by atoms with E-state index in [1.807, 2.05) is 18.2 Å². The molecule has 0 saturated carbocycles. The summed E-state index contributed by atoms with van der Waals surface area (Å²) in [5, 5.41) is 0. The molecule has 0 bridgehead atoms. The molecule has 112 valence electrons. The number of esters is 1. The molecule has 0 aliphatic carbocycles. The molecule has 2 heteroatoms. The van der Waals surface area contributed by atoms with Crippen molar-refractivity contribution in [3.63, 3.8) is 0 Å². The summed E-state index contributed by atoms with van der Waals surface area (Å²) in [4.78, 5) is 10.6. The van der Waals surface area contributed by atoms with E-state index in [1.54, 1.807) is 0 Å². The summed E-state index contributed by atoms with van der Waals surface area (Å²) in [5.41, 5.74) is 1.32. The van der Waals surface area contributed by atoms with Crippen LogP contribution in [0.25, 0.3) is 0 Å². The number of hydrogen-bond acceptors (Lipinski definition) is 2. The highest BCUT2D eigenvalue weighted by atomic mass is 16.5. The van der Waals surface area contributed by atoms with Crippen LogP contribution in [0.2, 0.25) is 0 Å². The van der Waals surface area contributed by atoms with E-state index >= 15 is 0 Å². The Kier molecular flexibility index (Phi) is 11.5. The molecule has 0 N–H and O–H groups in total. The second-order valence-electron chi connectivity index (χ2n) is 5.27. The molecule has 0 unspecified atom stereocenters. The number of carbonyl (C=O) groups excluding carboxylic acids is 1. The van der Waals surface area contributed by atoms with Crippen molar-refractivity contribution in [1.82, 2.24) is 0 Å². The Hall–Kier alpha value is -1.57. The second-order valence-corrected chi connectivity index (χ2v) is 5.27. The molecule has 20 heavy (non-hydrogen) atoms. The zero-order chi connectivity index (χ0) is 15.2. The Morgan fingerprint density at radius 2 is 1.85 bits per heavy atom. The van der Waals surface area contributed by atoms with Gasteiger partial charge in [-0.15, -0.1) is 0 Å². The zero-order valence-electron chi connectivity index (χ0n) is 13.1. The van der Waals surface area contributed by atoms with Gasteiger partial charge in [-0.25, -0.2) is 4.79 Å². The van der Waals surface area contributed by atoms with Crippen molar-refractivity contribution >= 4 is 5.97 Å². The molecular weight excluding hydrogens is 248 g/mol. The van der Waals surface area contributed by atoms with Crippen LogP contribution in [0.1, 0.15) is 45.1 Å². The topological polar surface area (TPSA) is 26.3 Å². The number of ether oxygens (including phenoxy) is 1. The van der Waals surface area contributed by atoms with E-state index in [-0.39, 0.29) is 5.97 Å². The van der Waals surface area contributed by atoms with Crippen LogP contribution in [0.15, 0.2) is 43.0 Å². The number of aryl methyl sites for hydroxylation is 1. The molecule has 0 aromatic heterocycles. The van der Waals surface area contributed by atoms with Crippen LogP contribution in [0.3, 0.4) is 0 Å². The standard InChI is InChI=1S/C11H20O2.C7H8/c1-4-11(12)13-9-7-5-6-8-10(2)3;1-7-5-3-2-4-6-7/h4,10H,1,5-9H2,2-3H3;2-6H,1H3. The molecule has 0 heterocycles. The zero-order valence-corrected chi connectivity index (χ0v) is 13.1. The smallest absolute Gasteiger partial charge is 0.330 e. The number of benzene rings is 1. The summed E-state index contributed by atoms with van der Waals surface area (Å²) in [5.74, 6) is 0.458. The van der Waals surface area contributed by atoms with Gasteiger partial charge in [-0.2, -0.15) is 0 Å². The number of carbonyl (C=O) groups is 1. The molecular formula is C18H28O2. The second kappa shape index (κ2) is 12.5. The summed E-state index contributed by atoms with van der Waals surface area (Å²) in [6.07, 6.45) is 5.79. The van der Waals surface area contributed by atoms with Crippen molar-refractivity contribution < 1.29 is 9.53 Å². The molecule has 0 spiro atoms. The highest BCUT2D eigenvalue weighted by Crippen LogP contribution is 2.07. The SMILES string of the molecule is C=CC(=O)OCCCCCC(C)C.Cc1ccccc1. The van der Waals surface area contributed by atoms with Crippen LogP contribution in [0, 0.1) is 12.8 Å². The van der Waals surface area contributed by atoms with Gasteiger partial charge in [0.05, 0.1) is 6.61 Å². The molecule has 0 aliphatic rings. The molecule has 1 aromatic rings. The summed E-state index contributed by atoms with van der Waals surface area (Å²) in [6, 6.07) is 10.3. The van der Waals surface area contributed by atoms with Gasteiger partial charge < -0.3 is 4.74 Å². The van der Waals surface area contributed by atoms with Gasteiger partial charge in [0.1, 0.15) is 0 Å². The summed E-state index contributed by atoms with van der Waals surface area (Å²) in [6.45, 7) is 10.4. The molecule has 1 rings (SSSR count). The Bertz CT molecular complexity index is 355. The first-order chi connectivity index (χ1) is 9.56. The third-order valence-electron chi connectivity index (χ3n) is 2.78. The molecule has 0 fully saturated rings. The lowest BCUT2D eigenvalue weighted by Crippen LogP contribution is -2.01. The van der Waals surface area contributed by atoms with Gasteiger partial charge in [-0.05, 0) is 19.3 Å². The lowest BCUT2D eigenvalue weighted by atomic mass is 10.1. The minimum Gasteiger partial charge on any atom is -0.463 e. The van der Waals surface area contributed by atoms with Gasteiger partial charge in [0.2, 0.25) is 0 Å². The van der Waals surface area contributed by atoms with Gasteiger partial charge >= 0.3 is 5.97 Å². The monoisotopic (exact) mass is 276 g/mol. The third kappa shape index (κ3) is 12.9. The third-order valence-corrected chi connectivity index (χ3v) is 2.78. The van der Waals surface area contributed by atoms with E-state index in [4.69, 9.17) is 4.74 Å². The van der Waals surface area contributed by atoms with E-state index in [2.05, 4.69) is 39.5 Å². The van der Waals surface area contributed by atoms with Crippen LogP contribution in [0.4, 0.5) is 0 Å². The van der Waals surface area contributed by atoms with E-state index in [9.17, 15) is 4.79 Å². The normalized spacial score (nSPS) is 9.60.